The molecule has 1 atom stereocenters. The van der Waals surface area contributed by atoms with Gasteiger partial charge in [-0.05, 0) is 65.2 Å². The third kappa shape index (κ3) is 4.01. The second-order valence-corrected chi connectivity index (χ2v) is 10.0. The Balaban J connectivity index is 1.34. The molecule has 0 saturated carbocycles. The standard InChI is InChI=1S/C24H18ClN7O3S/c25-14-1-4-19(31-12-27-29-30-31)17(9-14)13-7-15-2-5-20(32(15)22(33)8-13)24-26-11-18(28-24)21-6-3-16(36-21)10-23(34)35/h1,3-4,6-9,11-12,20H,2,5,10H2,(H,26,28)(H,34,35)/t20-/m0/s1. The number of aryl methyl sites for hydroxylation is 1. The Kier molecular flexibility index (Phi) is 5.50. The van der Waals surface area contributed by atoms with Crippen LogP contribution in [0.25, 0.3) is 27.4 Å². The van der Waals surface area contributed by atoms with E-state index in [0.717, 1.165) is 44.4 Å². The number of aliphatic carboxylic acids is 1. The third-order valence-electron chi connectivity index (χ3n) is 6.16. The van der Waals surface area contributed by atoms with Crippen LogP contribution < -0.4 is 5.56 Å². The number of aromatic amines is 1. The summed E-state index contributed by atoms with van der Waals surface area (Å²) in [4.78, 5) is 33.9. The van der Waals surface area contributed by atoms with Crippen molar-refractivity contribution in [3.8, 4) is 27.4 Å². The fourth-order valence-corrected chi connectivity index (χ4v) is 5.75. The van der Waals surface area contributed by atoms with Crippen molar-refractivity contribution in [3.05, 3.63) is 86.8 Å². The van der Waals surface area contributed by atoms with Crippen LogP contribution in [0.2, 0.25) is 5.02 Å². The molecule has 36 heavy (non-hydrogen) atoms. The first-order valence-corrected chi connectivity index (χ1v) is 12.3. The molecular formula is C24H18ClN7O3S. The number of pyridine rings is 1. The number of hydrogen-bond acceptors (Lipinski definition) is 7. The second-order valence-electron chi connectivity index (χ2n) is 8.43. The molecule has 10 nitrogen and oxygen atoms in total. The molecule has 6 rings (SSSR count). The van der Waals surface area contributed by atoms with Crippen LogP contribution in [0, 0.1) is 0 Å². The number of tetrazole rings is 1. The van der Waals surface area contributed by atoms with Gasteiger partial charge < -0.3 is 14.7 Å². The van der Waals surface area contributed by atoms with Crippen LogP contribution in [-0.4, -0.2) is 45.8 Å². The lowest BCUT2D eigenvalue weighted by Crippen LogP contribution is -2.23. The van der Waals surface area contributed by atoms with Crippen LogP contribution in [0.1, 0.15) is 28.9 Å². The molecule has 2 N–H and O–H groups in total. The summed E-state index contributed by atoms with van der Waals surface area (Å²) in [7, 11) is 0. The molecule has 1 aliphatic rings. The van der Waals surface area contributed by atoms with Crippen molar-refractivity contribution in [2.75, 3.05) is 0 Å². The van der Waals surface area contributed by atoms with Gasteiger partial charge in [-0.15, -0.1) is 16.4 Å². The van der Waals surface area contributed by atoms with Gasteiger partial charge in [0.25, 0.3) is 5.56 Å². The highest BCUT2D eigenvalue weighted by atomic mass is 35.5. The second kappa shape index (κ2) is 8.85. The number of hydrogen-bond donors (Lipinski definition) is 2. The molecular weight excluding hydrogens is 502 g/mol. The molecule has 1 aliphatic heterocycles. The van der Waals surface area contributed by atoms with E-state index in [1.165, 1.54) is 22.3 Å². The van der Waals surface area contributed by atoms with Crippen molar-refractivity contribution in [2.24, 2.45) is 0 Å². The van der Waals surface area contributed by atoms with E-state index in [1.54, 1.807) is 29.0 Å². The normalized spacial score (nSPS) is 14.8. The van der Waals surface area contributed by atoms with Gasteiger partial charge in [0.1, 0.15) is 12.2 Å². The maximum atomic E-state index is 13.3. The predicted octanol–water partition coefficient (Wildman–Crippen LogP) is 3.76. The van der Waals surface area contributed by atoms with Crippen molar-refractivity contribution in [1.82, 2.24) is 34.7 Å². The van der Waals surface area contributed by atoms with Crippen molar-refractivity contribution >= 4 is 28.9 Å². The molecule has 0 saturated heterocycles. The van der Waals surface area contributed by atoms with E-state index in [1.807, 2.05) is 24.3 Å². The Morgan fingerprint density at radius 1 is 1.22 bits per heavy atom. The number of benzene rings is 1. The maximum Gasteiger partial charge on any atom is 0.308 e. The summed E-state index contributed by atoms with van der Waals surface area (Å²) in [5, 5.41) is 21.0. The van der Waals surface area contributed by atoms with E-state index in [2.05, 4.69) is 25.5 Å². The number of thiophene rings is 1. The van der Waals surface area contributed by atoms with Gasteiger partial charge in [-0.2, -0.15) is 4.68 Å². The highest BCUT2D eigenvalue weighted by molar-refractivity contribution is 7.15. The molecule has 4 aromatic heterocycles. The molecule has 0 fully saturated rings. The first kappa shape index (κ1) is 22.4. The zero-order valence-electron chi connectivity index (χ0n) is 18.6. The monoisotopic (exact) mass is 519 g/mol. The van der Waals surface area contributed by atoms with Gasteiger partial charge in [0.2, 0.25) is 0 Å². The first-order valence-electron chi connectivity index (χ1n) is 11.1. The van der Waals surface area contributed by atoms with Gasteiger partial charge >= 0.3 is 5.97 Å². The minimum Gasteiger partial charge on any atom is -0.481 e. The molecule has 0 bridgehead atoms. The minimum absolute atomic E-state index is 0.0127. The van der Waals surface area contributed by atoms with Crippen LogP contribution in [0.4, 0.5) is 0 Å². The molecule has 1 aromatic carbocycles. The number of aromatic nitrogens is 7. The SMILES string of the molecule is O=C(O)Cc1ccc(-c2cnc([C@@H]3CCc4cc(-c5cc(Cl)ccc5-n5cnnn5)cc(=O)n43)[nH]2)s1. The number of fused-ring (bicyclic) bond motifs is 1. The molecule has 0 aliphatic carbocycles. The molecule has 0 amide bonds. The lowest BCUT2D eigenvalue weighted by Gasteiger charge is -2.15. The van der Waals surface area contributed by atoms with E-state index < -0.39 is 5.97 Å². The summed E-state index contributed by atoms with van der Waals surface area (Å²) in [6, 6.07) is 12.5. The molecule has 0 spiro atoms. The minimum atomic E-state index is -0.863. The summed E-state index contributed by atoms with van der Waals surface area (Å²) >= 11 is 7.69. The average molecular weight is 520 g/mol. The summed E-state index contributed by atoms with van der Waals surface area (Å²) in [6.45, 7) is 0. The molecule has 0 radical (unpaired) electrons. The quantitative estimate of drug-likeness (QED) is 0.349. The van der Waals surface area contributed by atoms with E-state index in [9.17, 15) is 9.59 Å². The zero-order chi connectivity index (χ0) is 24.8. The maximum absolute atomic E-state index is 13.3. The number of imidazole rings is 1. The molecule has 12 heteroatoms. The highest BCUT2D eigenvalue weighted by Crippen LogP contribution is 2.35. The van der Waals surface area contributed by atoms with Gasteiger partial charge in [-0.3, -0.25) is 9.59 Å². The van der Waals surface area contributed by atoms with Crippen LogP contribution >= 0.6 is 22.9 Å². The zero-order valence-corrected chi connectivity index (χ0v) is 20.2. The van der Waals surface area contributed by atoms with Gasteiger partial charge in [-0.1, -0.05) is 11.6 Å². The summed E-state index contributed by atoms with van der Waals surface area (Å²) in [6.07, 6.45) is 4.66. The average Bonchev–Trinajstić information content (AvgIpc) is 3.64. The largest absolute Gasteiger partial charge is 0.481 e. The van der Waals surface area contributed by atoms with Crippen LogP contribution in [0.15, 0.2) is 59.8 Å². The molecule has 5 heterocycles. The van der Waals surface area contributed by atoms with Gasteiger partial charge in [0.05, 0.1) is 34.9 Å². The van der Waals surface area contributed by atoms with Crippen LogP contribution in [0.3, 0.4) is 0 Å². The highest BCUT2D eigenvalue weighted by Gasteiger charge is 2.28. The number of nitrogens with zero attached hydrogens (tertiary/aromatic N) is 6. The Bertz CT molecular complexity index is 1650. The molecule has 5 aromatic rings. The van der Waals surface area contributed by atoms with Crippen molar-refractivity contribution < 1.29 is 9.90 Å². The van der Waals surface area contributed by atoms with Crippen molar-refractivity contribution in [3.63, 3.8) is 0 Å². The number of carboxylic acid groups (broad SMARTS) is 1. The number of H-pyrrole nitrogens is 1. The fourth-order valence-electron chi connectivity index (χ4n) is 4.62. The topological polar surface area (TPSA) is 132 Å². The van der Waals surface area contributed by atoms with Crippen molar-refractivity contribution in [1.29, 1.82) is 0 Å². The number of carboxylic acids is 1. The third-order valence-corrected chi connectivity index (χ3v) is 7.52. The number of nitrogens with one attached hydrogen (secondary N) is 1. The first-order chi connectivity index (χ1) is 17.5. The Morgan fingerprint density at radius 3 is 2.92 bits per heavy atom. The summed E-state index contributed by atoms with van der Waals surface area (Å²) < 4.78 is 3.31. The lowest BCUT2D eigenvalue weighted by molar-refractivity contribution is -0.136. The number of rotatable bonds is 6. The predicted molar refractivity (Wildman–Crippen MR) is 134 cm³/mol. The van der Waals surface area contributed by atoms with E-state index >= 15 is 0 Å². The van der Waals surface area contributed by atoms with E-state index in [-0.39, 0.29) is 18.0 Å². The Morgan fingerprint density at radius 2 is 2.11 bits per heavy atom. The Hall–Kier alpha value is -4.09. The smallest absolute Gasteiger partial charge is 0.308 e. The van der Waals surface area contributed by atoms with Gasteiger partial charge in [0.15, 0.2) is 0 Å². The Labute approximate surface area is 212 Å². The van der Waals surface area contributed by atoms with Gasteiger partial charge in [0, 0.05) is 27.2 Å². The van der Waals surface area contributed by atoms with E-state index in [4.69, 9.17) is 16.7 Å². The summed E-state index contributed by atoms with van der Waals surface area (Å²) in [5.74, 6) is -0.165. The lowest BCUT2D eigenvalue weighted by atomic mass is 10.0. The van der Waals surface area contributed by atoms with E-state index in [0.29, 0.717) is 17.3 Å². The van der Waals surface area contributed by atoms with Crippen molar-refractivity contribution in [2.45, 2.75) is 25.3 Å². The molecule has 0 unspecified atom stereocenters. The molecule has 180 valence electrons. The summed E-state index contributed by atoms with van der Waals surface area (Å²) in [5.41, 5.74) is 3.79. The number of halogens is 1. The van der Waals surface area contributed by atoms with Crippen LogP contribution in [-0.2, 0) is 17.6 Å². The number of carbonyl (C=O) groups is 1. The fraction of sp³-hybridized carbons (Fsp3) is 0.167. The van der Waals surface area contributed by atoms with Crippen LogP contribution in [0.5, 0.6) is 0 Å². The van der Waals surface area contributed by atoms with Gasteiger partial charge in [-0.25, -0.2) is 4.98 Å².